The highest BCUT2D eigenvalue weighted by atomic mass is 16.6. The Kier molecular flexibility index (Phi) is 51.9. The fraction of sp³-hybridized carbons (Fsp3) is 0.729. The number of esters is 2. The Morgan fingerprint density at radius 2 is 0.688 bits per heavy atom. The second-order valence-electron chi connectivity index (χ2n) is 17.8. The summed E-state index contributed by atoms with van der Waals surface area (Å²) >= 11 is 0. The molecule has 0 aromatic heterocycles. The summed E-state index contributed by atoms with van der Waals surface area (Å²) in [5.74, 6) is -0.432. The zero-order valence-corrected chi connectivity index (χ0v) is 42.3. The molecule has 0 aliphatic carbocycles. The van der Waals surface area contributed by atoms with Crippen molar-refractivity contribution in [3.8, 4) is 0 Å². The van der Waals surface area contributed by atoms with Gasteiger partial charge in [-0.25, -0.2) is 0 Å². The molecule has 0 heterocycles. The number of allylic oxidation sites excluding steroid dienone is 14. The Bertz CT molecular complexity index is 1190. The second kappa shape index (κ2) is 54.4. The van der Waals surface area contributed by atoms with Crippen LogP contribution in [0.3, 0.4) is 0 Å². The van der Waals surface area contributed by atoms with E-state index in [2.05, 4.69) is 106 Å². The molecule has 0 aliphatic heterocycles. The highest BCUT2D eigenvalue weighted by molar-refractivity contribution is 5.70. The van der Waals surface area contributed by atoms with Crippen LogP contribution in [0.15, 0.2) is 85.1 Å². The molecule has 0 aromatic rings. The van der Waals surface area contributed by atoms with Crippen LogP contribution in [-0.4, -0.2) is 37.9 Å². The molecule has 0 spiro atoms. The molecule has 5 nitrogen and oxygen atoms in total. The van der Waals surface area contributed by atoms with Crippen molar-refractivity contribution in [3.05, 3.63) is 85.1 Å². The van der Waals surface area contributed by atoms with Crippen LogP contribution in [0.1, 0.15) is 252 Å². The largest absolute Gasteiger partial charge is 0.462 e. The van der Waals surface area contributed by atoms with Crippen LogP contribution in [0.4, 0.5) is 0 Å². The van der Waals surface area contributed by atoms with E-state index < -0.39 is 6.10 Å². The summed E-state index contributed by atoms with van der Waals surface area (Å²) in [4.78, 5) is 25.5. The van der Waals surface area contributed by atoms with Crippen molar-refractivity contribution in [1.29, 1.82) is 0 Å². The van der Waals surface area contributed by atoms with Crippen LogP contribution in [0.5, 0.6) is 0 Å². The first-order chi connectivity index (χ1) is 31.6. The van der Waals surface area contributed by atoms with E-state index in [4.69, 9.17) is 14.2 Å². The molecule has 1 unspecified atom stereocenters. The van der Waals surface area contributed by atoms with Gasteiger partial charge in [0.25, 0.3) is 0 Å². The lowest BCUT2D eigenvalue weighted by Crippen LogP contribution is -2.30. The first kappa shape index (κ1) is 61.1. The van der Waals surface area contributed by atoms with E-state index in [0.29, 0.717) is 19.4 Å². The number of hydrogen-bond donors (Lipinski definition) is 0. The molecule has 0 saturated carbocycles. The average molecular weight is 891 g/mol. The van der Waals surface area contributed by atoms with Crippen molar-refractivity contribution in [2.24, 2.45) is 0 Å². The summed E-state index contributed by atoms with van der Waals surface area (Å²) in [6.45, 7) is 7.67. The fourth-order valence-electron chi connectivity index (χ4n) is 7.29. The molecule has 0 saturated heterocycles. The Balaban J connectivity index is 4.33. The van der Waals surface area contributed by atoms with Gasteiger partial charge in [-0.05, 0) is 116 Å². The maximum atomic E-state index is 12.8. The lowest BCUT2D eigenvalue weighted by molar-refractivity contribution is -0.163. The van der Waals surface area contributed by atoms with Crippen LogP contribution in [0.25, 0.3) is 0 Å². The van der Waals surface area contributed by atoms with Crippen molar-refractivity contribution in [2.45, 2.75) is 258 Å². The maximum Gasteiger partial charge on any atom is 0.306 e. The highest BCUT2D eigenvalue weighted by Gasteiger charge is 2.17. The minimum atomic E-state index is -0.558. The van der Waals surface area contributed by atoms with Crippen molar-refractivity contribution in [1.82, 2.24) is 0 Å². The summed E-state index contributed by atoms with van der Waals surface area (Å²) in [5.41, 5.74) is 0. The van der Waals surface area contributed by atoms with Crippen LogP contribution >= 0.6 is 0 Å². The van der Waals surface area contributed by atoms with E-state index in [-0.39, 0.29) is 25.2 Å². The van der Waals surface area contributed by atoms with E-state index in [1.807, 2.05) is 0 Å². The smallest absolute Gasteiger partial charge is 0.306 e. The minimum Gasteiger partial charge on any atom is -0.462 e. The highest BCUT2D eigenvalue weighted by Crippen LogP contribution is 2.13. The predicted molar refractivity (Wildman–Crippen MR) is 279 cm³/mol. The van der Waals surface area contributed by atoms with Gasteiger partial charge < -0.3 is 14.2 Å². The van der Waals surface area contributed by atoms with Gasteiger partial charge in [-0.2, -0.15) is 0 Å². The number of carbonyl (C=O) groups is 2. The number of unbranched alkanes of at least 4 members (excludes halogenated alkanes) is 24. The van der Waals surface area contributed by atoms with E-state index >= 15 is 0 Å². The fourth-order valence-corrected chi connectivity index (χ4v) is 7.29. The van der Waals surface area contributed by atoms with Gasteiger partial charge in [-0.1, -0.05) is 209 Å². The molecule has 64 heavy (non-hydrogen) atoms. The molecule has 0 aromatic carbocycles. The molecular weight excluding hydrogens is 789 g/mol. The number of hydrogen-bond acceptors (Lipinski definition) is 5. The second-order valence-corrected chi connectivity index (χ2v) is 17.8. The van der Waals surface area contributed by atoms with Crippen molar-refractivity contribution in [2.75, 3.05) is 19.8 Å². The maximum absolute atomic E-state index is 12.8. The topological polar surface area (TPSA) is 61.8 Å². The van der Waals surface area contributed by atoms with Gasteiger partial charge in [-0.15, -0.1) is 0 Å². The molecule has 0 amide bonds. The number of carbonyl (C=O) groups excluding carboxylic acids is 2. The molecule has 0 rings (SSSR count). The first-order valence-corrected chi connectivity index (χ1v) is 27.1. The van der Waals surface area contributed by atoms with Crippen LogP contribution in [-0.2, 0) is 23.8 Å². The molecular formula is C59H102O5. The van der Waals surface area contributed by atoms with Crippen LogP contribution < -0.4 is 0 Å². The molecule has 5 heteroatoms. The molecule has 0 N–H and O–H groups in total. The summed E-state index contributed by atoms with van der Waals surface area (Å²) in [6.07, 6.45) is 71.6. The monoisotopic (exact) mass is 891 g/mol. The van der Waals surface area contributed by atoms with Gasteiger partial charge in [0.15, 0.2) is 6.10 Å². The van der Waals surface area contributed by atoms with E-state index in [9.17, 15) is 9.59 Å². The molecule has 0 aliphatic rings. The normalized spacial score (nSPS) is 12.9. The van der Waals surface area contributed by atoms with Gasteiger partial charge in [0.05, 0.1) is 6.61 Å². The average Bonchev–Trinajstić information content (AvgIpc) is 3.30. The van der Waals surface area contributed by atoms with E-state index in [1.165, 1.54) is 128 Å². The van der Waals surface area contributed by atoms with Gasteiger partial charge in [0, 0.05) is 19.4 Å². The van der Waals surface area contributed by atoms with Crippen molar-refractivity contribution < 1.29 is 23.8 Å². The Morgan fingerprint density at radius 1 is 0.344 bits per heavy atom. The zero-order valence-electron chi connectivity index (χ0n) is 42.3. The predicted octanol–water partition coefficient (Wildman–Crippen LogP) is 18.5. The SMILES string of the molecule is CCC/C=C\C/C=C\CCCCCCCCOCC(COC(=O)CCCCCCCC/C=C\C/C=C\C/C=C\CCCCC)OC(=O)CCCCCCC/C=C\C/C=C\CCCCC. The molecule has 1 atom stereocenters. The van der Waals surface area contributed by atoms with Gasteiger partial charge in [-0.3, -0.25) is 9.59 Å². The zero-order chi connectivity index (χ0) is 46.3. The number of ether oxygens (including phenoxy) is 3. The minimum absolute atomic E-state index is 0.0652. The van der Waals surface area contributed by atoms with Gasteiger partial charge in [0.2, 0.25) is 0 Å². The number of rotatable bonds is 49. The van der Waals surface area contributed by atoms with Crippen molar-refractivity contribution in [3.63, 3.8) is 0 Å². The molecule has 0 bridgehead atoms. The third kappa shape index (κ3) is 51.7. The van der Waals surface area contributed by atoms with Crippen LogP contribution in [0.2, 0.25) is 0 Å². The molecule has 368 valence electrons. The summed E-state index contributed by atoms with van der Waals surface area (Å²) in [6, 6.07) is 0. The lowest BCUT2D eigenvalue weighted by atomic mass is 10.1. The van der Waals surface area contributed by atoms with E-state index in [1.54, 1.807) is 0 Å². The summed E-state index contributed by atoms with van der Waals surface area (Å²) in [7, 11) is 0. The molecule has 0 fully saturated rings. The quantitative estimate of drug-likeness (QED) is 0.0346. The third-order valence-electron chi connectivity index (χ3n) is 11.4. The lowest BCUT2D eigenvalue weighted by Gasteiger charge is -2.18. The summed E-state index contributed by atoms with van der Waals surface area (Å²) in [5, 5.41) is 0. The first-order valence-electron chi connectivity index (χ1n) is 27.1. The van der Waals surface area contributed by atoms with Crippen LogP contribution in [0, 0.1) is 0 Å². The summed E-state index contributed by atoms with van der Waals surface area (Å²) < 4.78 is 17.4. The van der Waals surface area contributed by atoms with Gasteiger partial charge in [0.1, 0.15) is 6.61 Å². The third-order valence-corrected chi connectivity index (χ3v) is 11.4. The standard InChI is InChI=1S/C59H102O5/c1-4-7-10-13-16-19-22-25-28-29-30-31-33-34-37-40-43-46-49-52-58(60)63-56-57(55-62-54-51-48-45-42-39-36-27-24-21-18-15-12-9-6-3)64-59(61)53-50-47-44-41-38-35-32-26-23-20-17-14-11-8-5-2/h12,15-17,19-21,24-26,28,30-32,57H,4-11,13-14,18,22-23,27,29,33-56H2,1-3H3/b15-12-,19-16-,20-17-,24-21-,28-25-,31-30-,32-26-. The Morgan fingerprint density at radius 3 is 1.11 bits per heavy atom. The van der Waals surface area contributed by atoms with E-state index in [0.717, 1.165) is 89.9 Å². The Hall–Kier alpha value is -2.92. The Labute approximate surface area is 397 Å². The van der Waals surface area contributed by atoms with Gasteiger partial charge >= 0.3 is 11.9 Å². The van der Waals surface area contributed by atoms with Crippen molar-refractivity contribution >= 4 is 11.9 Å². The molecule has 0 radical (unpaired) electrons.